The highest BCUT2D eigenvalue weighted by Crippen LogP contribution is 2.07. The van der Waals surface area contributed by atoms with Crippen LogP contribution in [0.25, 0.3) is 0 Å². The van der Waals surface area contributed by atoms with Crippen LogP contribution in [-0.2, 0) is 9.59 Å². The molecule has 10 heteroatoms. The van der Waals surface area contributed by atoms with Crippen LogP contribution in [-0.4, -0.2) is 60.5 Å². The average Bonchev–Trinajstić information content (AvgIpc) is 2.66. The van der Waals surface area contributed by atoms with E-state index >= 15 is 0 Å². The Labute approximate surface area is 174 Å². The highest BCUT2D eigenvalue weighted by Gasteiger charge is 2.29. The van der Waals surface area contributed by atoms with Crippen LogP contribution in [0.1, 0.15) is 59.3 Å². The van der Waals surface area contributed by atoms with Gasteiger partial charge in [-0.2, -0.15) is 0 Å². The normalized spacial score (nSPS) is 14.0. The minimum atomic E-state index is -1.67. The predicted molar refractivity (Wildman–Crippen MR) is 117 cm³/mol. The Morgan fingerprint density at radius 1 is 1.21 bits per heavy atom. The van der Waals surface area contributed by atoms with E-state index in [4.69, 9.17) is 5.73 Å². The molecule has 0 aromatic carbocycles. The monoisotopic (exact) mass is 411 g/mol. The molecule has 0 aliphatic carbocycles. The molecule has 0 fully saturated rings. The summed E-state index contributed by atoms with van der Waals surface area (Å²) < 4.78 is 0. The summed E-state index contributed by atoms with van der Waals surface area (Å²) >= 11 is 0. The smallest absolute Gasteiger partial charge is 0.426 e. The van der Waals surface area contributed by atoms with E-state index in [1.807, 2.05) is 13.8 Å². The molecular formula is C19H38BN5O4. The second-order valence-electron chi connectivity index (χ2n) is 7.44. The van der Waals surface area contributed by atoms with E-state index < -0.39 is 25.0 Å². The van der Waals surface area contributed by atoms with Gasteiger partial charge in [0, 0.05) is 13.6 Å². The number of hydrogen-bond acceptors (Lipinski definition) is 5. The average molecular weight is 411 g/mol. The predicted octanol–water partition coefficient (Wildman–Crippen LogP) is 0.0748. The molecule has 0 spiro atoms. The molecule has 0 bridgehead atoms. The van der Waals surface area contributed by atoms with Crippen LogP contribution in [0.3, 0.4) is 0 Å². The number of carbonyl (C=O) groups is 2. The standard InChI is InChI=1S/C19H38BN5O4/c1-5-6-7-8-11-17(26)24-15(10-9-12-23-19(21)22-4)18(27)25-16(20(28)29)13-14(2)3/h8,11,14-16,28-29H,5-7,9-10,12-13H2,1-4H3,(H,24,26)(H,25,27)(H3,21,22,23)/b11-8+/t15-,16-/m0/s1. The second-order valence-corrected chi connectivity index (χ2v) is 7.44. The third-order valence-electron chi connectivity index (χ3n) is 4.26. The van der Waals surface area contributed by atoms with Gasteiger partial charge >= 0.3 is 7.12 Å². The quantitative estimate of drug-likeness (QED) is 0.0784. The number of carbonyl (C=O) groups excluding carboxylic acids is 2. The number of nitrogens with one attached hydrogen (secondary N) is 3. The molecule has 0 heterocycles. The van der Waals surface area contributed by atoms with Crippen LogP contribution in [0.15, 0.2) is 17.1 Å². The Morgan fingerprint density at radius 3 is 2.45 bits per heavy atom. The number of rotatable bonds is 14. The summed E-state index contributed by atoms with van der Waals surface area (Å²) in [6, 6.07) is -0.798. The summed E-state index contributed by atoms with van der Waals surface area (Å²) in [5.74, 6) is -1.14. The van der Waals surface area contributed by atoms with Gasteiger partial charge in [-0.15, -0.1) is 0 Å². The second kappa shape index (κ2) is 15.8. The first kappa shape index (κ1) is 26.9. The Balaban J connectivity index is 4.95. The van der Waals surface area contributed by atoms with Gasteiger partial charge in [0.05, 0.1) is 5.94 Å². The Morgan fingerprint density at radius 2 is 1.90 bits per heavy atom. The molecule has 0 saturated heterocycles. The maximum absolute atomic E-state index is 12.7. The van der Waals surface area contributed by atoms with Crippen LogP contribution in [0.2, 0.25) is 0 Å². The van der Waals surface area contributed by atoms with Gasteiger partial charge in [0.15, 0.2) is 5.96 Å². The van der Waals surface area contributed by atoms with Gasteiger partial charge in [-0.25, -0.2) is 0 Å². The first-order valence-electron chi connectivity index (χ1n) is 10.3. The molecule has 0 aromatic heterocycles. The molecule has 2 atom stereocenters. The first-order valence-corrected chi connectivity index (χ1v) is 10.3. The van der Waals surface area contributed by atoms with Crippen molar-refractivity contribution in [3.8, 4) is 0 Å². The highest BCUT2D eigenvalue weighted by molar-refractivity contribution is 6.43. The summed E-state index contributed by atoms with van der Waals surface area (Å²) in [6.07, 6.45) is 7.37. The van der Waals surface area contributed by atoms with Crippen molar-refractivity contribution in [1.29, 1.82) is 0 Å². The van der Waals surface area contributed by atoms with E-state index in [9.17, 15) is 19.6 Å². The van der Waals surface area contributed by atoms with Gasteiger partial charge < -0.3 is 31.7 Å². The van der Waals surface area contributed by atoms with Gasteiger partial charge in [-0.05, 0) is 37.7 Å². The Bertz CT molecular complexity index is 541. The van der Waals surface area contributed by atoms with Crippen LogP contribution >= 0.6 is 0 Å². The molecule has 9 nitrogen and oxygen atoms in total. The molecule has 166 valence electrons. The molecule has 0 rings (SSSR count). The molecule has 0 unspecified atom stereocenters. The van der Waals surface area contributed by atoms with Crippen LogP contribution in [0.5, 0.6) is 0 Å². The van der Waals surface area contributed by atoms with E-state index in [-0.39, 0.29) is 11.8 Å². The number of amides is 2. The molecule has 0 aliphatic heterocycles. The van der Waals surface area contributed by atoms with Gasteiger partial charge in [0.2, 0.25) is 11.8 Å². The van der Waals surface area contributed by atoms with E-state index in [2.05, 4.69) is 27.9 Å². The lowest BCUT2D eigenvalue weighted by atomic mass is 9.75. The molecular weight excluding hydrogens is 373 g/mol. The topological polar surface area (TPSA) is 149 Å². The number of nitrogens with zero attached hydrogens (tertiary/aromatic N) is 1. The van der Waals surface area contributed by atoms with Crippen molar-refractivity contribution in [2.24, 2.45) is 16.6 Å². The largest absolute Gasteiger partial charge is 0.475 e. The SMILES string of the molecule is CCCC/C=C/C(=O)N[C@@H](CCCNC(N)=NC)C(=O)N[C@@H](CC(C)C)B(O)O. The fourth-order valence-electron chi connectivity index (χ4n) is 2.65. The van der Waals surface area contributed by atoms with Gasteiger partial charge in [-0.3, -0.25) is 14.6 Å². The fourth-order valence-corrected chi connectivity index (χ4v) is 2.65. The molecule has 0 radical (unpaired) electrons. The number of aliphatic imine (C=N–C) groups is 1. The molecule has 29 heavy (non-hydrogen) atoms. The summed E-state index contributed by atoms with van der Waals surface area (Å²) in [5.41, 5.74) is 5.58. The number of hydrogen-bond donors (Lipinski definition) is 6. The zero-order valence-electron chi connectivity index (χ0n) is 18.1. The molecule has 2 amide bonds. The lowest BCUT2D eigenvalue weighted by Crippen LogP contribution is -2.54. The Kier molecular flexibility index (Phi) is 14.7. The van der Waals surface area contributed by atoms with Crippen molar-refractivity contribution < 1.29 is 19.6 Å². The van der Waals surface area contributed by atoms with Crippen molar-refractivity contribution in [3.05, 3.63) is 12.2 Å². The van der Waals surface area contributed by atoms with Crippen molar-refractivity contribution in [3.63, 3.8) is 0 Å². The van der Waals surface area contributed by atoms with Crippen molar-refractivity contribution >= 4 is 24.9 Å². The highest BCUT2D eigenvalue weighted by atomic mass is 16.4. The van der Waals surface area contributed by atoms with E-state index in [0.29, 0.717) is 31.8 Å². The first-order chi connectivity index (χ1) is 13.7. The van der Waals surface area contributed by atoms with Crippen molar-refractivity contribution in [2.75, 3.05) is 13.6 Å². The lowest BCUT2D eigenvalue weighted by molar-refractivity contribution is -0.127. The number of unbranched alkanes of at least 4 members (excludes halogenated alkanes) is 2. The summed E-state index contributed by atoms with van der Waals surface area (Å²) in [5, 5.41) is 27.3. The van der Waals surface area contributed by atoms with Crippen LogP contribution in [0, 0.1) is 5.92 Å². The van der Waals surface area contributed by atoms with Gasteiger partial charge in [-0.1, -0.05) is 39.7 Å². The van der Waals surface area contributed by atoms with Gasteiger partial charge in [0.25, 0.3) is 0 Å². The zero-order chi connectivity index (χ0) is 22.2. The lowest BCUT2D eigenvalue weighted by Gasteiger charge is -2.24. The molecule has 7 N–H and O–H groups in total. The summed E-state index contributed by atoms with van der Waals surface area (Å²) in [6.45, 7) is 6.41. The van der Waals surface area contributed by atoms with Crippen molar-refractivity contribution in [1.82, 2.24) is 16.0 Å². The fraction of sp³-hybridized carbons (Fsp3) is 0.737. The molecule has 0 aliphatic rings. The maximum atomic E-state index is 12.7. The number of nitrogens with two attached hydrogens (primary N) is 1. The molecule has 0 saturated carbocycles. The van der Waals surface area contributed by atoms with E-state index in [0.717, 1.165) is 19.3 Å². The van der Waals surface area contributed by atoms with E-state index in [1.54, 1.807) is 13.1 Å². The zero-order valence-corrected chi connectivity index (χ0v) is 18.1. The van der Waals surface area contributed by atoms with Crippen LogP contribution < -0.4 is 21.7 Å². The number of guanidine groups is 1. The maximum Gasteiger partial charge on any atom is 0.475 e. The molecule has 0 aromatic rings. The minimum Gasteiger partial charge on any atom is -0.426 e. The van der Waals surface area contributed by atoms with Gasteiger partial charge in [0.1, 0.15) is 6.04 Å². The van der Waals surface area contributed by atoms with Crippen LogP contribution in [0.4, 0.5) is 0 Å². The number of allylic oxidation sites excluding steroid dienone is 1. The summed E-state index contributed by atoms with van der Waals surface area (Å²) in [7, 11) is -0.104. The third-order valence-corrected chi connectivity index (χ3v) is 4.26. The van der Waals surface area contributed by atoms with Crippen molar-refractivity contribution in [2.45, 2.75) is 71.3 Å². The summed E-state index contributed by atoms with van der Waals surface area (Å²) in [4.78, 5) is 28.7. The van der Waals surface area contributed by atoms with E-state index in [1.165, 1.54) is 6.08 Å². The minimum absolute atomic E-state index is 0.164. The third kappa shape index (κ3) is 13.7. The Hall–Kier alpha value is -2.07.